The van der Waals surface area contributed by atoms with Gasteiger partial charge in [-0.25, -0.2) is 4.98 Å². The van der Waals surface area contributed by atoms with Gasteiger partial charge in [0.1, 0.15) is 11.6 Å². The van der Waals surface area contributed by atoms with E-state index < -0.39 is 0 Å². The largest absolute Gasteiger partial charge is 0.496 e. The van der Waals surface area contributed by atoms with Crippen molar-refractivity contribution in [2.45, 2.75) is 13.3 Å². The van der Waals surface area contributed by atoms with Crippen LogP contribution >= 0.6 is 0 Å². The summed E-state index contributed by atoms with van der Waals surface area (Å²) in [6.07, 6.45) is 4.45. The maximum absolute atomic E-state index is 5.35. The molecular weight excluding hydrogens is 266 g/mol. The molecule has 3 aromatic rings. The van der Waals surface area contributed by atoms with Crippen LogP contribution in [0.1, 0.15) is 11.4 Å². The molecule has 0 fully saturated rings. The predicted molar refractivity (Wildman–Crippen MR) is 80.7 cm³/mol. The summed E-state index contributed by atoms with van der Waals surface area (Å²) in [6, 6.07) is 8.02. The molecule has 1 N–H and O–H groups in total. The molecule has 0 spiro atoms. The van der Waals surface area contributed by atoms with Crippen molar-refractivity contribution in [3.05, 3.63) is 48.0 Å². The fraction of sp³-hybridized carbons (Fsp3) is 0.267. The van der Waals surface area contributed by atoms with Gasteiger partial charge in [0.05, 0.1) is 7.11 Å². The van der Waals surface area contributed by atoms with Crippen LogP contribution in [0.15, 0.2) is 36.7 Å². The molecule has 6 heteroatoms. The molecule has 0 unspecified atom stereocenters. The van der Waals surface area contributed by atoms with Crippen molar-refractivity contribution < 1.29 is 4.74 Å². The van der Waals surface area contributed by atoms with E-state index in [0.717, 1.165) is 41.6 Å². The van der Waals surface area contributed by atoms with Crippen LogP contribution in [-0.2, 0) is 6.42 Å². The molecule has 6 nitrogen and oxygen atoms in total. The molecule has 2 aromatic heterocycles. The smallest absolute Gasteiger partial charge is 0.203 e. The molecule has 0 aliphatic heterocycles. The van der Waals surface area contributed by atoms with E-state index in [2.05, 4.69) is 26.6 Å². The van der Waals surface area contributed by atoms with E-state index in [-0.39, 0.29) is 0 Å². The van der Waals surface area contributed by atoms with Crippen LogP contribution in [0.2, 0.25) is 0 Å². The van der Waals surface area contributed by atoms with Crippen molar-refractivity contribution in [3.8, 4) is 5.75 Å². The second-order valence-corrected chi connectivity index (χ2v) is 4.71. The van der Waals surface area contributed by atoms with Gasteiger partial charge in [0, 0.05) is 18.9 Å². The van der Waals surface area contributed by atoms with Crippen molar-refractivity contribution in [2.75, 3.05) is 19.0 Å². The molecule has 0 saturated carbocycles. The summed E-state index contributed by atoms with van der Waals surface area (Å²) in [6.45, 7) is 2.66. The van der Waals surface area contributed by atoms with Gasteiger partial charge in [-0.3, -0.25) is 4.40 Å². The number of methoxy groups -OCH3 is 1. The Morgan fingerprint density at radius 3 is 2.95 bits per heavy atom. The fourth-order valence-electron chi connectivity index (χ4n) is 2.29. The lowest BCUT2D eigenvalue weighted by Gasteiger charge is -2.09. The third-order valence-electron chi connectivity index (χ3n) is 3.38. The lowest BCUT2D eigenvalue weighted by molar-refractivity contribution is 0.410. The molecule has 0 atom stereocenters. The molecular formula is C15H17N5O. The molecule has 0 aliphatic rings. The Hall–Kier alpha value is -2.63. The Morgan fingerprint density at radius 2 is 2.10 bits per heavy atom. The first-order valence-electron chi connectivity index (χ1n) is 6.81. The molecule has 2 heterocycles. The highest BCUT2D eigenvalue weighted by atomic mass is 16.5. The van der Waals surface area contributed by atoms with E-state index in [1.165, 1.54) is 0 Å². The van der Waals surface area contributed by atoms with Gasteiger partial charge < -0.3 is 10.1 Å². The summed E-state index contributed by atoms with van der Waals surface area (Å²) in [4.78, 5) is 4.33. The van der Waals surface area contributed by atoms with Crippen LogP contribution in [0.5, 0.6) is 5.75 Å². The Morgan fingerprint density at radius 1 is 1.24 bits per heavy atom. The van der Waals surface area contributed by atoms with Gasteiger partial charge in [0.25, 0.3) is 0 Å². The van der Waals surface area contributed by atoms with Gasteiger partial charge in [-0.1, -0.05) is 18.2 Å². The number of ether oxygens (including phenoxy) is 1. The maximum atomic E-state index is 5.35. The number of aromatic nitrogens is 4. The number of nitrogens with zero attached hydrogens (tertiary/aromatic N) is 4. The zero-order chi connectivity index (χ0) is 14.7. The molecule has 21 heavy (non-hydrogen) atoms. The van der Waals surface area contributed by atoms with Crippen LogP contribution in [-0.4, -0.2) is 33.2 Å². The first-order valence-corrected chi connectivity index (χ1v) is 6.81. The lowest BCUT2D eigenvalue weighted by atomic mass is 10.1. The summed E-state index contributed by atoms with van der Waals surface area (Å²) in [5.74, 6) is 2.50. The minimum atomic E-state index is 0.744. The third-order valence-corrected chi connectivity index (χ3v) is 3.38. The highest BCUT2D eigenvalue weighted by molar-refractivity contribution is 5.61. The van der Waals surface area contributed by atoms with Gasteiger partial charge in [-0.05, 0) is 25.0 Å². The monoisotopic (exact) mass is 283 g/mol. The Balaban J connectivity index is 1.72. The number of rotatable bonds is 5. The summed E-state index contributed by atoms with van der Waals surface area (Å²) in [5.41, 5.74) is 1.91. The standard InChI is InChI=1S/C15H17N5O/c1-11-18-19-15-14(17-9-10-20(11)15)16-8-7-12-5-3-4-6-13(12)21-2/h3-6,9-10H,7-8H2,1-2H3,(H,16,17). The maximum Gasteiger partial charge on any atom is 0.203 e. The van der Waals surface area contributed by atoms with Crippen molar-refractivity contribution in [1.82, 2.24) is 19.6 Å². The lowest BCUT2D eigenvalue weighted by Crippen LogP contribution is -2.08. The van der Waals surface area contributed by atoms with Gasteiger partial charge in [-0.2, -0.15) is 0 Å². The van der Waals surface area contributed by atoms with Gasteiger partial charge in [0.15, 0.2) is 5.82 Å². The van der Waals surface area contributed by atoms with Crippen molar-refractivity contribution in [3.63, 3.8) is 0 Å². The Kier molecular flexibility index (Phi) is 3.68. The zero-order valence-corrected chi connectivity index (χ0v) is 12.1. The van der Waals surface area contributed by atoms with E-state index in [1.807, 2.05) is 35.7 Å². The second-order valence-electron chi connectivity index (χ2n) is 4.71. The first kappa shape index (κ1) is 13.4. The summed E-state index contributed by atoms with van der Waals surface area (Å²) in [7, 11) is 1.69. The average Bonchev–Trinajstić information content (AvgIpc) is 2.90. The normalized spacial score (nSPS) is 10.8. The number of hydrogen-bond acceptors (Lipinski definition) is 5. The molecule has 0 amide bonds. The number of hydrogen-bond donors (Lipinski definition) is 1. The van der Waals surface area contributed by atoms with Crippen LogP contribution in [0.25, 0.3) is 5.65 Å². The minimum Gasteiger partial charge on any atom is -0.496 e. The van der Waals surface area contributed by atoms with Crippen LogP contribution in [0.4, 0.5) is 5.82 Å². The van der Waals surface area contributed by atoms with Crippen LogP contribution < -0.4 is 10.1 Å². The molecule has 0 aliphatic carbocycles. The van der Waals surface area contributed by atoms with Gasteiger partial charge in [-0.15, -0.1) is 10.2 Å². The highest BCUT2D eigenvalue weighted by Gasteiger charge is 2.07. The predicted octanol–water partition coefficient (Wildman–Crippen LogP) is 2.10. The number of nitrogens with one attached hydrogen (secondary N) is 1. The molecule has 0 bridgehead atoms. The average molecular weight is 283 g/mol. The van der Waals surface area contributed by atoms with Crippen LogP contribution in [0, 0.1) is 6.92 Å². The topological polar surface area (TPSA) is 64.3 Å². The van der Waals surface area contributed by atoms with E-state index in [1.54, 1.807) is 13.3 Å². The molecule has 1 aromatic carbocycles. The van der Waals surface area contributed by atoms with Gasteiger partial charge in [0.2, 0.25) is 5.65 Å². The molecule has 3 rings (SSSR count). The minimum absolute atomic E-state index is 0.744. The van der Waals surface area contributed by atoms with Crippen LogP contribution in [0.3, 0.4) is 0 Å². The highest BCUT2D eigenvalue weighted by Crippen LogP contribution is 2.18. The Bertz CT molecular complexity index is 753. The zero-order valence-electron chi connectivity index (χ0n) is 12.1. The SMILES string of the molecule is COc1ccccc1CCNc1nccn2c(C)nnc12. The molecule has 108 valence electrons. The summed E-state index contributed by atoms with van der Waals surface area (Å²) in [5, 5.41) is 11.5. The molecule has 0 saturated heterocycles. The van der Waals surface area contributed by atoms with E-state index >= 15 is 0 Å². The number of aryl methyl sites for hydroxylation is 1. The molecule has 0 radical (unpaired) electrons. The number of fused-ring (bicyclic) bond motifs is 1. The second kappa shape index (κ2) is 5.78. The quantitative estimate of drug-likeness (QED) is 0.777. The Labute approximate surface area is 122 Å². The van der Waals surface area contributed by atoms with E-state index in [4.69, 9.17) is 4.74 Å². The summed E-state index contributed by atoms with van der Waals surface area (Å²) < 4.78 is 7.27. The first-order chi connectivity index (χ1) is 10.3. The van der Waals surface area contributed by atoms with Crippen molar-refractivity contribution in [2.24, 2.45) is 0 Å². The number of para-hydroxylation sites is 1. The summed E-state index contributed by atoms with van der Waals surface area (Å²) >= 11 is 0. The van der Waals surface area contributed by atoms with Crippen molar-refractivity contribution >= 4 is 11.5 Å². The van der Waals surface area contributed by atoms with Crippen molar-refractivity contribution in [1.29, 1.82) is 0 Å². The van der Waals surface area contributed by atoms with E-state index in [9.17, 15) is 0 Å². The van der Waals surface area contributed by atoms with E-state index in [0.29, 0.717) is 0 Å². The number of benzene rings is 1. The fourth-order valence-corrected chi connectivity index (χ4v) is 2.29. The third kappa shape index (κ3) is 2.65. The number of anilines is 1. The van der Waals surface area contributed by atoms with Gasteiger partial charge >= 0.3 is 0 Å².